The highest BCUT2D eigenvalue weighted by molar-refractivity contribution is 7.09. The molecule has 1 aliphatic heterocycles. The Hall–Kier alpha value is -2.54. The van der Waals surface area contributed by atoms with Crippen LogP contribution in [-0.2, 0) is 15.0 Å². The molecular formula is C28H36N2O4S. The third-order valence-corrected chi connectivity index (χ3v) is 8.65. The topological polar surface area (TPSA) is 87.6 Å². The lowest BCUT2D eigenvalue weighted by Gasteiger charge is -2.42. The molecule has 0 bridgehead atoms. The fourth-order valence-corrected chi connectivity index (χ4v) is 7.03. The van der Waals surface area contributed by atoms with E-state index in [2.05, 4.69) is 25.8 Å². The Morgan fingerprint density at radius 1 is 1.20 bits per heavy atom. The van der Waals surface area contributed by atoms with E-state index in [1.807, 2.05) is 45.2 Å². The first-order valence-corrected chi connectivity index (χ1v) is 13.2. The van der Waals surface area contributed by atoms with E-state index >= 15 is 0 Å². The molecule has 35 heavy (non-hydrogen) atoms. The Bertz CT molecular complexity index is 1130. The van der Waals surface area contributed by atoms with E-state index in [0.717, 1.165) is 5.56 Å². The van der Waals surface area contributed by atoms with Crippen molar-refractivity contribution >= 4 is 29.0 Å². The standard InChI is InChI=1S/C28H36N2O4S/c1-16(2)14-28(25(33)34)19-15-27(6,7)22(31)20(19)21(23-29-12-13-35-23)30(28)24(32)17-8-10-18(11-9-17)26(3,4)5/h8-13,16,19-21H,14-15H2,1-7H3,(H,33,34)/t19-,20+,21-,28+/m1/s1. The van der Waals surface area contributed by atoms with Crippen LogP contribution in [-0.4, -0.2) is 38.2 Å². The van der Waals surface area contributed by atoms with E-state index in [-0.39, 0.29) is 29.4 Å². The number of carbonyl (C=O) groups is 3. The maximum absolute atomic E-state index is 14.2. The number of benzene rings is 1. The summed E-state index contributed by atoms with van der Waals surface area (Å²) in [5.41, 5.74) is -0.686. The van der Waals surface area contributed by atoms with E-state index in [4.69, 9.17) is 0 Å². The van der Waals surface area contributed by atoms with Crippen LogP contribution in [0.25, 0.3) is 0 Å². The number of hydrogen-bond acceptors (Lipinski definition) is 5. The van der Waals surface area contributed by atoms with E-state index in [9.17, 15) is 19.5 Å². The summed E-state index contributed by atoms with van der Waals surface area (Å²) < 4.78 is 0. The van der Waals surface area contributed by atoms with Crippen LogP contribution >= 0.6 is 11.3 Å². The molecule has 1 aromatic carbocycles. The molecule has 0 spiro atoms. The Balaban J connectivity index is 1.93. The van der Waals surface area contributed by atoms with E-state index in [1.165, 1.54) is 16.2 Å². The van der Waals surface area contributed by atoms with Crippen molar-refractivity contribution in [3.63, 3.8) is 0 Å². The van der Waals surface area contributed by atoms with Gasteiger partial charge in [-0.1, -0.05) is 60.6 Å². The van der Waals surface area contributed by atoms with Gasteiger partial charge in [0.15, 0.2) is 0 Å². The molecule has 1 saturated carbocycles. The summed E-state index contributed by atoms with van der Waals surface area (Å²) in [6, 6.07) is 6.73. The van der Waals surface area contributed by atoms with Gasteiger partial charge in [0.05, 0.1) is 12.0 Å². The number of nitrogens with zero attached hydrogens (tertiary/aromatic N) is 2. The summed E-state index contributed by atoms with van der Waals surface area (Å²) in [6.45, 7) is 14.1. The number of fused-ring (bicyclic) bond motifs is 1. The van der Waals surface area contributed by atoms with Crippen molar-refractivity contribution in [2.75, 3.05) is 0 Å². The number of carbonyl (C=O) groups excluding carboxylic acids is 2. The molecule has 7 heteroatoms. The maximum Gasteiger partial charge on any atom is 0.329 e. The number of rotatable bonds is 5. The van der Waals surface area contributed by atoms with Gasteiger partial charge in [-0.3, -0.25) is 9.59 Å². The van der Waals surface area contributed by atoms with Gasteiger partial charge in [0.25, 0.3) is 5.91 Å². The fourth-order valence-electron chi connectivity index (χ4n) is 6.25. The highest BCUT2D eigenvalue weighted by atomic mass is 32.1. The van der Waals surface area contributed by atoms with Crippen LogP contribution < -0.4 is 0 Å². The Kier molecular flexibility index (Phi) is 6.23. The lowest BCUT2D eigenvalue weighted by Crippen LogP contribution is -2.58. The first-order chi connectivity index (χ1) is 16.2. The van der Waals surface area contributed by atoms with Crippen molar-refractivity contribution in [3.8, 4) is 0 Å². The highest BCUT2D eigenvalue weighted by Crippen LogP contribution is 2.62. The molecular weight excluding hydrogens is 460 g/mol. The molecule has 2 heterocycles. The van der Waals surface area contributed by atoms with Crippen LogP contribution in [0.1, 0.15) is 88.3 Å². The van der Waals surface area contributed by atoms with Gasteiger partial charge in [-0.2, -0.15) is 0 Å². The molecule has 1 N–H and O–H groups in total. The normalized spacial score (nSPS) is 27.9. The van der Waals surface area contributed by atoms with Gasteiger partial charge in [0.1, 0.15) is 16.3 Å². The minimum Gasteiger partial charge on any atom is -0.479 e. The zero-order valence-electron chi connectivity index (χ0n) is 21.7. The first-order valence-electron chi connectivity index (χ1n) is 12.3. The van der Waals surface area contributed by atoms with Crippen molar-refractivity contribution < 1.29 is 19.5 Å². The van der Waals surface area contributed by atoms with Crippen molar-refractivity contribution in [2.24, 2.45) is 23.2 Å². The summed E-state index contributed by atoms with van der Waals surface area (Å²) in [4.78, 5) is 47.2. The van der Waals surface area contributed by atoms with Crippen LogP contribution in [0.5, 0.6) is 0 Å². The fraction of sp³-hybridized carbons (Fsp3) is 0.571. The predicted octanol–water partition coefficient (Wildman–Crippen LogP) is 5.74. The molecule has 2 aromatic rings. The molecule has 188 valence electrons. The summed E-state index contributed by atoms with van der Waals surface area (Å²) in [5.74, 6) is -2.42. The molecule has 1 amide bonds. The number of aliphatic carboxylic acids is 1. The predicted molar refractivity (Wildman–Crippen MR) is 136 cm³/mol. The minimum atomic E-state index is -1.49. The lowest BCUT2D eigenvalue weighted by atomic mass is 9.74. The lowest BCUT2D eigenvalue weighted by molar-refractivity contribution is -0.153. The molecule has 1 aromatic heterocycles. The average Bonchev–Trinajstić information content (AvgIpc) is 3.43. The number of ketones is 1. The second-order valence-electron chi connectivity index (χ2n) is 12.2. The SMILES string of the molecule is CC(C)C[C@@]1(C(=O)O)[C@@H]2CC(C)(C)C(=O)[C@@H]2[C@H](c2nccs2)N1C(=O)c1ccc(C(C)(C)C)cc1. The Morgan fingerprint density at radius 3 is 2.31 bits per heavy atom. The van der Waals surface area contributed by atoms with E-state index in [1.54, 1.807) is 18.3 Å². The van der Waals surface area contributed by atoms with Crippen LogP contribution in [0.15, 0.2) is 35.8 Å². The van der Waals surface area contributed by atoms with Crippen molar-refractivity contribution in [1.82, 2.24) is 9.88 Å². The summed E-state index contributed by atoms with van der Waals surface area (Å²) >= 11 is 1.37. The number of hydrogen-bond donors (Lipinski definition) is 1. The largest absolute Gasteiger partial charge is 0.479 e. The number of Topliss-reactive ketones (excluding diaryl/α,β-unsaturated/α-hetero) is 1. The number of amides is 1. The zero-order chi connectivity index (χ0) is 25.9. The van der Waals surface area contributed by atoms with Gasteiger partial charge in [-0.15, -0.1) is 11.3 Å². The molecule has 4 atom stereocenters. The highest BCUT2D eigenvalue weighted by Gasteiger charge is 2.71. The second-order valence-corrected chi connectivity index (χ2v) is 13.2. The molecule has 2 fully saturated rings. The molecule has 0 radical (unpaired) electrons. The third-order valence-electron chi connectivity index (χ3n) is 7.81. The summed E-state index contributed by atoms with van der Waals surface area (Å²) in [6.07, 6.45) is 2.37. The number of carboxylic acid groups (broad SMARTS) is 1. The van der Waals surface area contributed by atoms with Crippen molar-refractivity contribution in [3.05, 3.63) is 52.0 Å². The van der Waals surface area contributed by atoms with E-state index < -0.39 is 34.8 Å². The number of aromatic nitrogens is 1. The van der Waals surface area contributed by atoms with Gasteiger partial charge in [0, 0.05) is 28.5 Å². The summed E-state index contributed by atoms with van der Waals surface area (Å²) in [5, 5.41) is 13.3. The first kappa shape index (κ1) is 25.5. The van der Waals surface area contributed by atoms with E-state index in [0.29, 0.717) is 17.0 Å². The van der Waals surface area contributed by atoms with Gasteiger partial charge >= 0.3 is 5.97 Å². The van der Waals surface area contributed by atoms with Gasteiger partial charge < -0.3 is 10.0 Å². The number of likely N-dealkylation sites (tertiary alicyclic amines) is 1. The second kappa shape index (κ2) is 8.54. The smallest absolute Gasteiger partial charge is 0.329 e. The molecule has 6 nitrogen and oxygen atoms in total. The van der Waals surface area contributed by atoms with Gasteiger partial charge in [0.2, 0.25) is 0 Å². The average molecular weight is 497 g/mol. The molecule has 2 aliphatic rings. The van der Waals surface area contributed by atoms with Gasteiger partial charge in [-0.05, 0) is 41.9 Å². The maximum atomic E-state index is 14.2. The summed E-state index contributed by atoms with van der Waals surface area (Å²) in [7, 11) is 0. The van der Waals surface area contributed by atoms with Crippen LogP contribution in [0.2, 0.25) is 0 Å². The minimum absolute atomic E-state index is 0.0131. The Morgan fingerprint density at radius 2 is 1.83 bits per heavy atom. The molecule has 0 unspecified atom stereocenters. The van der Waals surface area contributed by atoms with Crippen molar-refractivity contribution in [2.45, 2.75) is 78.3 Å². The van der Waals surface area contributed by atoms with Crippen LogP contribution in [0.4, 0.5) is 0 Å². The van der Waals surface area contributed by atoms with Gasteiger partial charge in [-0.25, -0.2) is 9.78 Å². The quantitative estimate of drug-likeness (QED) is 0.570. The third kappa shape index (κ3) is 4.02. The van der Waals surface area contributed by atoms with Crippen LogP contribution in [0.3, 0.4) is 0 Å². The van der Waals surface area contributed by atoms with Crippen LogP contribution in [0, 0.1) is 23.2 Å². The Labute approximate surface area is 211 Å². The molecule has 1 aliphatic carbocycles. The van der Waals surface area contributed by atoms with Crippen molar-refractivity contribution in [1.29, 1.82) is 0 Å². The molecule has 1 saturated heterocycles. The zero-order valence-corrected chi connectivity index (χ0v) is 22.5. The monoisotopic (exact) mass is 496 g/mol. The number of carboxylic acids is 1. The number of thiazole rings is 1. The molecule has 4 rings (SSSR count).